The molecule has 23 heavy (non-hydrogen) atoms. The molecule has 1 aromatic heterocycles. The average molecular weight is 355 g/mol. The van der Waals surface area contributed by atoms with Crippen LogP contribution in [-0.2, 0) is 11.8 Å². The van der Waals surface area contributed by atoms with Crippen molar-refractivity contribution in [3.63, 3.8) is 0 Å². The molecule has 0 radical (unpaired) electrons. The van der Waals surface area contributed by atoms with E-state index in [1.807, 2.05) is 18.8 Å². The molecule has 1 heterocycles. The van der Waals surface area contributed by atoms with Gasteiger partial charge >= 0.3 is 0 Å². The van der Waals surface area contributed by atoms with Gasteiger partial charge in [-0.1, -0.05) is 20.8 Å². The fourth-order valence-electron chi connectivity index (χ4n) is 2.73. The van der Waals surface area contributed by atoms with Crippen LogP contribution in [0.3, 0.4) is 0 Å². The first kappa shape index (κ1) is 18.6. The van der Waals surface area contributed by atoms with Gasteiger partial charge in [-0.2, -0.15) is 11.8 Å². The molecule has 0 aliphatic heterocycles. The maximum Gasteiger partial charge on any atom is 0.191 e. The number of rotatable bonds is 5. The number of hydrogen-bond acceptors (Lipinski definition) is 4. The predicted molar refractivity (Wildman–Crippen MR) is 104 cm³/mol. The topological polar surface area (TPSA) is 49.3 Å². The Morgan fingerprint density at radius 1 is 1.43 bits per heavy atom. The number of thioether (sulfide) groups is 1. The Labute approximate surface area is 149 Å². The van der Waals surface area contributed by atoms with Crippen molar-refractivity contribution in [3.8, 4) is 0 Å². The van der Waals surface area contributed by atoms with Crippen LogP contribution in [0, 0.1) is 0 Å². The Kier molecular flexibility index (Phi) is 6.77. The van der Waals surface area contributed by atoms with Gasteiger partial charge in [0, 0.05) is 42.1 Å². The van der Waals surface area contributed by atoms with Gasteiger partial charge in [0.05, 0.1) is 10.7 Å². The van der Waals surface area contributed by atoms with E-state index in [0.717, 1.165) is 24.2 Å². The van der Waals surface area contributed by atoms with Crippen molar-refractivity contribution in [2.75, 3.05) is 19.8 Å². The molecule has 1 aromatic rings. The zero-order chi connectivity index (χ0) is 16.9. The Bertz CT molecular complexity index is 519. The van der Waals surface area contributed by atoms with Crippen LogP contribution >= 0.6 is 23.1 Å². The van der Waals surface area contributed by atoms with Gasteiger partial charge in [-0.15, -0.1) is 11.3 Å². The van der Waals surface area contributed by atoms with Crippen LogP contribution in [0.2, 0.25) is 0 Å². The second-order valence-electron chi connectivity index (χ2n) is 7.14. The minimum atomic E-state index is 0.135. The van der Waals surface area contributed by atoms with Crippen LogP contribution in [0.1, 0.15) is 50.7 Å². The highest BCUT2D eigenvalue weighted by Crippen LogP contribution is 2.28. The van der Waals surface area contributed by atoms with Crippen molar-refractivity contribution in [1.29, 1.82) is 0 Å². The van der Waals surface area contributed by atoms with Gasteiger partial charge in [-0.05, 0) is 25.5 Å². The zero-order valence-corrected chi connectivity index (χ0v) is 16.6. The number of thiazole rings is 1. The molecular formula is C17H30N4S2. The normalized spacial score (nSPS) is 22.4. The second-order valence-corrected chi connectivity index (χ2v) is 9.22. The van der Waals surface area contributed by atoms with E-state index in [1.165, 1.54) is 30.0 Å². The largest absolute Gasteiger partial charge is 0.356 e. The molecule has 0 saturated heterocycles. The molecule has 0 bridgehead atoms. The van der Waals surface area contributed by atoms with E-state index in [4.69, 9.17) is 4.98 Å². The van der Waals surface area contributed by atoms with E-state index < -0.39 is 0 Å². The van der Waals surface area contributed by atoms with Gasteiger partial charge in [0.25, 0.3) is 0 Å². The summed E-state index contributed by atoms with van der Waals surface area (Å²) in [5, 5.41) is 11.2. The van der Waals surface area contributed by atoms with E-state index in [0.29, 0.717) is 6.04 Å². The molecule has 1 aliphatic rings. The molecule has 4 nitrogen and oxygen atoms in total. The van der Waals surface area contributed by atoms with Crippen molar-refractivity contribution in [2.24, 2.45) is 4.99 Å². The molecule has 130 valence electrons. The quantitative estimate of drug-likeness (QED) is 0.628. The highest BCUT2D eigenvalue weighted by Gasteiger charge is 2.24. The van der Waals surface area contributed by atoms with Gasteiger partial charge in [0.1, 0.15) is 0 Å². The summed E-state index contributed by atoms with van der Waals surface area (Å²) in [5.74, 6) is 0.921. The molecule has 2 N–H and O–H groups in total. The Morgan fingerprint density at radius 3 is 2.78 bits per heavy atom. The smallest absolute Gasteiger partial charge is 0.191 e. The maximum atomic E-state index is 4.74. The Hall–Kier alpha value is -0.750. The third-order valence-corrected chi connectivity index (χ3v) is 6.24. The molecule has 2 unspecified atom stereocenters. The summed E-state index contributed by atoms with van der Waals surface area (Å²) in [6.07, 6.45) is 6.95. The van der Waals surface area contributed by atoms with E-state index >= 15 is 0 Å². The molecule has 0 spiro atoms. The highest BCUT2D eigenvalue weighted by atomic mass is 32.2. The van der Waals surface area contributed by atoms with Crippen LogP contribution in [0.25, 0.3) is 0 Å². The summed E-state index contributed by atoms with van der Waals surface area (Å²) < 4.78 is 0. The fourth-order valence-corrected chi connectivity index (χ4v) is 4.55. The lowest BCUT2D eigenvalue weighted by atomic mass is 9.93. The van der Waals surface area contributed by atoms with Gasteiger partial charge in [0.15, 0.2) is 5.96 Å². The van der Waals surface area contributed by atoms with Crippen molar-refractivity contribution < 1.29 is 0 Å². The maximum absolute atomic E-state index is 4.74. The number of aliphatic imine (C=N–C) groups is 1. The van der Waals surface area contributed by atoms with E-state index in [2.05, 4.69) is 48.0 Å². The SMILES string of the molecule is CN=C(NCCc1nc(C(C)(C)C)cs1)NC1CCC(SC)C1. The summed E-state index contributed by atoms with van der Waals surface area (Å²) in [6, 6.07) is 0.561. The lowest BCUT2D eigenvalue weighted by Gasteiger charge is -2.17. The van der Waals surface area contributed by atoms with Crippen LogP contribution in [0.4, 0.5) is 0 Å². The molecular weight excluding hydrogens is 324 g/mol. The fraction of sp³-hybridized carbons (Fsp3) is 0.765. The number of nitrogens with one attached hydrogen (secondary N) is 2. The predicted octanol–water partition coefficient (Wildman–Crippen LogP) is 3.43. The van der Waals surface area contributed by atoms with Crippen LogP contribution < -0.4 is 10.6 Å². The van der Waals surface area contributed by atoms with Gasteiger partial charge in [0.2, 0.25) is 0 Å². The third kappa shape index (κ3) is 5.68. The summed E-state index contributed by atoms with van der Waals surface area (Å²) >= 11 is 3.74. The third-order valence-electron chi connectivity index (χ3n) is 4.23. The first-order valence-corrected chi connectivity index (χ1v) is 10.5. The van der Waals surface area contributed by atoms with Crippen molar-refractivity contribution in [1.82, 2.24) is 15.6 Å². The van der Waals surface area contributed by atoms with Crippen molar-refractivity contribution >= 4 is 29.1 Å². The summed E-state index contributed by atoms with van der Waals surface area (Å²) in [6.45, 7) is 7.49. The monoisotopic (exact) mass is 354 g/mol. The van der Waals surface area contributed by atoms with Gasteiger partial charge in [-0.25, -0.2) is 4.98 Å². The molecule has 1 saturated carbocycles. The summed E-state index contributed by atoms with van der Waals surface area (Å²) in [7, 11) is 1.84. The molecule has 0 amide bonds. The number of nitrogens with zero attached hydrogens (tertiary/aromatic N) is 2. The first-order valence-electron chi connectivity index (χ1n) is 8.37. The van der Waals surface area contributed by atoms with Gasteiger partial charge < -0.3 is 10.6 Å². The minimum Gasteiger partial charge on any atom is -0.356 e. The van der Waals surface area contributed by atoms with Crippen LogP contribution in [0.15, 0.2) is 10.4 Å². The lowest BCUT2D eigenvalue weighted by molar-refractivity contribution is 0.570. The number of hydrogen-bond donors (Lipinski definition) is 2. The van der Waals surface area contributed by atoms with Crippen molar-refractivity contribution in [3.05, 3.63) is 16.1 Å². The molecule has 6 heteroatoms. The highest BCUT2D eigenvalue weighted by molar-refractivity contribution is 7.99. The Balaban J connectivity index is 1.75. The first-order chi connectivity index (χ1) is 10.9. The van der Waals surface area contributed by atoms with Gasteiger partial charge in [-0.3, -0.25) is 4.99 Å². The molecule has 2 rings (SSSR count). The lowest BCUT2D eigenvalue weighted by Crippen LogP contribution is -2.43. The zero-order valence-electron chi connectivity index (χ0n) is 15.0. The Morgan fingerprint density at radius 2 is 2.22 bits per heavy atom. The average Bonchev–Trinajstić information content (AvgIpc) is 3.14. The minimum absolute atomic E-state index is 0.135. The van der Waals surface area contributed by atoms with Crippen LogP contribution in [0.5, 0.6) is 0 Å². The molecule has 1 fully saturated rings. The number of guanidine groups is 1. The number of aromatic nitrogens is 1. The van der Waals surface area contributed by atoms with E-state index in [-0.39, 0.29) is 5.41 Å². The molecule has 2 atom stereocenters. The van der Waals surface area contributed by atoms with E-state index in [1.54, 1.807) is 11.3 Å². The molecule has 0 aromatic carbocycles. The standard InChI is InChI=1S/C17H30N4S2/c1-17(2,3)14-11-23-15(21-14)8-9-19-16(18-4)20-12-6-7-13(10-12)22-5/h11-13H,6-10H2,1-5H3,(H2,18,19,20). The van der Waals surface area contributed by atoms with Crippen LogP contribution in [-0.4, -0.2) is 42.1 Å². The van der Waals surface area contributed by atoms with Crippen molar-refractivity contribution in [2.45, 2.75) is 63.2 Å². The summed E-state index contributed by atoms with van der Waals surface area (Å²) in [4.78, 5) is 9.09. The molecule has 1 aliphatic carbocycles. The van der Waals surface area contributed by atoms with E-state index in [9.17, 15) is 0 Å². The second kappa shape index (κ2) is 8.38. The summed E-state index contributed by atoms with van der Waals surface area (Å²) in [5.41, 5.74) is 1.32.